The summed E-state index contributed by atoms with van der Waals surface area (Å²) >= 11 is 4.87. The quantitative estimate of drug-likeness (QED) is 0.845. The Kier molecular flexibility index (Phi) is 4.42. The van der Waals surface area contributed by atoms with Gasteiger partial charge in [-0.3, -0.25) is 9.78 Å². The monoisotopic (exact) mass is 285 g/mol. The van der Waals surface area contributed by atoms with Crippen LogP contribution in [-0.4, -0.2) is 15.9 Å². The van der Waals surface area contributed by atoms with Crippen LogP contribution < -0.4 is 11.1 Å². The van der Waals surface area contributed by atoms with Crippen molar-refractivity contribution in [2.45, 2.75) is 13.0 Å². The van der Waals surface area contributed by atoms with Crippen LogP contribution in [0.3, 0.4) is 0 Å². The molecule has 1 atom stereocenters. The van der Waals surface area contributed by atoms with Crippen molar-refractivity contribution in [1.82, 2.24) is 10.3 Å². The molecule has 1 amide bonds. The first-order chi connectivity index (χ1) is 9.58. The predicted octanol–water partition coefficient (Wildman–Crippen LogP) is 2.21. The number of nitrogens with one attached hydrogen (secondary N) is 1. The molecule has 0 aliphatic rings. The van der Waals surface area contributed by atoms with Crippen LogP contribution >= 0.6 is 12.2 Å². The number of rotatable bonds is 4. The molecule has 0 radical (unpaired) electrons. The van der Waals surface area contributed by atoms with Crippen LogP contribution in [0.2, 0.25) is 0 Å². The summed E-state index contributed by atoms with van der Waals surface area (Å²) in [5.74, 6) is -0.155. The second-order valence-electron chi connectivity index (χ2n) is 4.39. The number of hydrogen-bond acceptors (Lipinski definition) is 3. The lowest BCUT2D eigenvalue weighted by Crippen LogP contribution is -2.27. The Balaban J connectivity index is 2.06. The zero-order valence-corrected chi connectivity index (χ0v) is 11.9. The molecule has 5 heteroatoms. The molecule has 0 bridgehead atoms. The molecule has 20 heavy (non-hydrogen) atoms. The zero-order chi connectivity index (χ0) is 14.5. The van der Waals surface area contributed by atoms with Crippen molar-refractivity contribution >= 4 is 23.1 Å². The van der Waals surface area contributed by atoms with Crippen molar-refractivity contribution in [2.24, 2.45) is 5.73 Å². The van der Waals surface area contributed by atoms with Gasteiger partial charge in [0.15, 0.2) is 0 Å². The van der Waals surface area contributed by atoms with Gasteiger partial charge in [-0.2, -0.15) is 0 Å². The number of thiocarbonyl (C=S) groups is 1. The number of aromatic nitrogens is 1. The molecule has 1 aromatic heterocycles. The highest BCUT2D eigenvalue weighted by Gasteiger charge is 2.12. The Morgan fingerprint density at radius 2 is 1.85 bits per heavy atom. The van der Waals surface area contributed by atoms with Gasteiger partial charge >= 0.3 is 0 Å². The van der Waals surface area contributed by atoms with Crippen molar-refractivity contribution in [3.05, 3.63) is 65.5 Å². The fourth-order valence-corrected chi connectivity index (χ4v) is 1.91. The van der Waals surface area contributed by atoms with Gasteiger partial charge in [0.2, 0.25) is 0 Å². The summed E-state index contributed by atoms with van der Waals surface area (Å²) in [7, 11) is 0. The van der Waals surface area contributed by atoms with Crippen LogP contribution in [0.4, 0.5) is 0 Å². The van der Waals surface area contributed by atoms with Gasteiger partial charge in [-0.1, -0.05) is 30.4 Å². The summed E-state index contributed by atoms with van der Waals surface area (Å²) in [4.78, 5) is 16.6. The maximum atomic E-state index is 12.1. The van der Waals surface area contributed by atoms with E-state index in [2.05, 4.69) is 10.3 Å². The molecule has 2 aromatic rings. The molecule has 0 aliphatic heterocycles. The van der Waals surface area contributed by atoms with Crippen molar-refractivity contribution in [3.8, 4) is 0 Å². The predicted molar refractivity (Wildman–Crippen MR) is 82.4 cm³/mol. The van der Waals surface area contributed by atoms with E-state index in [4.69, 9.17) is 18.0 Å². The summed E-state index contributed by atoms with van der Waals surface area (Å²) in [5.41, 5.74) is 7.65. The van der Waals surface area contributed by atoms with Gasteiger partial charge < -0.3 is 11.1 Å². The molecule has 0 saturated heterocycles. The minimum atomic E-state index is -0.155. The zero-order valence-electron chi connectivity index (χ0n) is 11.0. The second-order valence-corrected chi connectivity index (χ2v) is 4.83. The molecule has 102 valence electrons. The van der Waals surface area contributed by atoms with Gasteiger partial charge in [0.1, 0.15) is 4.99 Å². The topological polar surface area (TPSA) is 68.0 Å². The molecule has 1 heterocycles. The van der Waals surface area contributed by atoms with Crippen LogP contribution in [0.1, 0.15) is 34.6 Å². The summed E-state index contributed by atoms with van der Waals surface area (Å²) in [6, 6.07) is 12.3. The summed E-state index contributed by atoms with van der Waals surface area (Å²) < 4.78 is 0. The molecule has 0 saturated carbocycles. The first-order valence-electron chi connectivity index (χ1n) is 6.19. The highest BCUT2D eigenvalue weighted by molar-refractivity contribution is 7.80. The highest BCUT2D eigenvalue weighted by atomic mass is 32.1. The first-order valence-corrected chi connectivity index (χ1v) is 6.60. The average Bonchev–Trinajstić information content (AvgIpc) is 2.48. The van der Waals surface area contributed by atoms with Gasteiger partial charge in [0.05, 0.1) is 11.7 Å². The molecular weight excluding hydrogens is 270 g/mol. The Morgan fingerprint density at radius 3 is 2.40 bits per heavy atom. The summed E-state index contributed by atoms with van der Waals surface area (Å²) in [5, 5.41) is 2.90. The third-order valence-corrected chi connectivity index (χ3v) is 3.15. The lowest BCUT2D eigenvalue weighted by molar-refractivity contribution is 0.0939. The largest absolute Gasteiger partial charge is 0.389 e. The molecule has 0 unspecified atom stereocenters. The van der Waals surface area contributed by atoms with E-state index in [-0.39, 0.29) is 11.9 Å². The Labute approximate surface area is 123 Å². The molecule has 2 rings (SSSR count). The molecule has 0 fully saturated rings. The van der Waals surface area contributed by atoms with Crippen molar-refractivity contribution in [3.63, 3.8) is 0 Å². The number of carbonyl (C=O) groups is 1. The van der Waals surface area contributed by atoms with Gasteiger partial charge in [-0.05, 0) is 31.2 Å². The fourth-order valence-electron chi connectivity index (χ4n) is 1.77. The van der Waals surface area contributed by atoms with Crippen molar-refractivity contribution in [2.75, 3.05) is 0 Å². The Morgan fingerprint density at radius 1 is 1.20 bits per heavy atom. The van der Waals surface area contributed by atoms with Gasteiger partial charge in [-0.15, -0.1) is 0 Å². The SMILES string of the molecule is C[C@@H](NC(=O)c1ccc(C(N)=S)cc1)c1ccccn1. The fraction of sp³-hybridized carbons (Fsp3) is 0.133. The van der Waals surface area contributed by atoms with E-state index in [0.29, 0.717) is 10.6 Å². The van der Waals surface area contributed by atoms with Gasteiger partial charge in [0, 0.05) is 17.3 Å². The number of nitrogens with two attached hydrogens (primary N) is 1. The molecule has 4 nitrogen and oxygen atoms in total. The number of benzene rings is 1. The molecule has 0 spiro atoms. The van der Waals surface area contributed by atoms with E-state index >= 15 is 0 Å². The lowest BCUT2D eigenvalue weighted by Gasteiger charge is -2.13. The van der Waals surface area contributed by atoms with E-state index in [9.17, 15) is 4.79 Å². The number of nitrogens with zero attached hydrogens (tertiary/aromatic N) is 1. The minimum Gasteiger partial charge on any atom is -0.389 e. The molecule has 0 aliphatic carbocycles. The van der Waals surface area contributed by atoms with E-state index < -0.39 is 0 Å². The van der Waals surface area contributed by atoms with Crippen LogP contribution in [0, 0.1) is 0 Å². The standard InChI is InChI=1S/C15H15N3OS/c1-10(13-4-2-3-9-17-13)18-15(19)12-7-5-11(6-8-12)14(16)20/h2-10H,1H3,(H2,16,20)(H,18,19)/t10-/m1/s1. The Hall–Kier alpha value is -2.27. The second kappa shape index (κ2) is 6.25. The molecule has 3 N–H and O–H groups in total. The highest BCUT2D eigenvalue weighted by Crippen LogP contribution is 2.10. The molecular formula is C15H15N3OS. The third kappa shape index (κ3) is 3.39. The van der Waals surface area contributed by atoms with Crippen molar-refractivity contribution in [1.29, 1.82) is 0 Å². The van der Waals surface area contributed by atoms with Crippen LogP contribution in [0.5, 0.6) is 0 Å². The van der Waals surface area contributed by atoms with Gasteiger partial charge in [-0.25, -0.2) is 0 Å². The minimum absolute atomic E-state index is 0.154. The normalized spacial score (nSPS) is 11.7. The summed E-state index contributed by atoms with van der Waals surface area (Å²) in [6.45, 7) is 1.89. The summed E-state index contributed by atoms with van der Waals surface area (Å²) in [6.07, 6.45) is 1.70. The van der Waals surface area contributed by atoms with Crippen molar-refractivity contribution < 1.29 is 4.79 Å². The third-order valence-electron chi connectivity index (χ3n) is 2.91. The van der Waals surface area contributed by atoms with Gasteiger partial charge in [0.25, 0.3) is 5.91 Å². The smallest absolute Gasteiger partial charge is 0.251 e. The van der Waals surface area contributed by atoms with Crippen LogP contribution in [0.15, 0.2) is 48.7 Å². The number of hydrogen-bond donors (Lipinski definition) is 2. The Bertz CT molecular complexity index is 611. The van der Waals surface area contributed by atoms with Crippen LogP contribution in [0.25, 0.3) is 0 Å². The number of amides is 1. The number of carbonyl (C=O) groups excluding carboxylic acids is 1. The average molecular weight is 285 g/mol. The lowest BCUT2D eigenvalue weighted by atomic mass is 10.1. The van der Waals surface area contributed by atoms with E-state index in [1.807, 2.05) is 25.1 Å². The maximum absolute atomic E-state index is 12.1. The maximum Gasteiger partial charge on any atom is 0.251 e. The number of pyridine rings is 1. The van der Waals surface area contributed by atoms with Crippen LogP contribution in [-0.2, 0) is 0 Å². The first kappa shape index (κ1) is 14.1. The van der Waals surface area contributed by atoms with E-state index in [1.54, 1.807) is 30.5 Å². The van der Waals surface area contributed by atoms with E-state index in [0.717, 1.165) is 11.3 Å². The molecule has 1 aromatic carbocycles. The van der Waals surface area contributed by atoms with E-state index in [1.165, 1.54) is 0 Å².